The number of rotatable bonds is 1. The Bertz CT molecular complexity index is 449. The third kappa shape index (κ3) is 1.00. The zero-order chi connectivity index (χ0) is 9.42. The second-order valence-electron chi connectivity index (χ2n) is 2.73. The molecule has 0 unspecified atom stereocenters. The van der Waals surface area contributed by atoms with Gasteiger partial charge in [0.05, 0.1) is 18.9 Å². The van der Waals surface area contributed by atoms with E-state index >= 15 is 0 Å². The van der Waals surface area contributed by atoms with Crippen LogP contribution in [0.5, 0.6) is 5.88 Å². The number of aromatic nitrogens is 3. The van der Waals surface area contributed by atoms with Gasteiger partial charge in [-0.1, -0.05) is 0 Å². The zero-order valence-corrected chi connectivity index (χ0v) is 7.48. The van der Waals surface area contributed by atoms with Gasteiger partial charge in [-0.25, -0.2) is 0 Å². The zero-order valence-electron chi connectivity index (χ0n) is 7.48. The lowest BCUT2D eigenvalue weighted by atomic mass is 10.3. The lowest BCUT2D eigenvalue weighted by Gasteiger charge is -2.07. The summed E-state index contributed by atoms with van der Waals surface area (Å²) in [6, 6.07) is 1.78. The van der Waals surface area contributed by atoms with E-state index in [4.69, 9.17) is 10.5 Å². The number of nitrogens with two attached hydrogens (primary N) is 1. The summed E-state index contributed by atoms with van der Waals surface area (Å²) < 4.78 is 6.65. The van der Waals surface area contributed by atoms with Gasteiger partial charge in [0, 0.05) is 6.07 Å². The Kier molecular flexibility index (Phi) is 1.58. The molecule has 2 aromatic rings. The molecule has 0 aliphatic rings. The molecule has 0 saturated heterocycles. The van der Waals surface area contributed by atoms with Crippen molar-refractivity contribution in [2.75, 3.05) is 12.8 Å². The molecule has 0 aromatic carbocycles. The van der Waals surface area contributed by atoms with E-state index in [0.717, 1.165) is 5.56 Å². The molecule has 5 nitrogen and oxygen atoms in total. The molecular weight excluding hydrogens is 168 g/mol. The molecular formula is C8H10N4O. The van der Waals surface area contributed by atoms with Crippen LogP contribution in [0.25, 0.3) is 5.65 Å². The summed E-state index contributed by atoms with van der Waals surface area (Å²) in [6.45, 7) is 1.85. The first-order valence-electron chi connectivity index (χ1n) is 3.88. The molecule has 2 heterocycles. The fraction of sp³-hybridized carbons (Fsp3) is 0.250. The number of fused-ring (bicyclic) bond motifs is 1. The van der Waals surface area contributed by atoms with Gasteiger partial charge in [-0.05, 0) is 6.92 Å². The van der Waals surface area contributed by atoms with Crippen molar-refractivity contribution < 1.29 is 4.74 Å². The molecule has 5 heteroatoms. The first kappa shape index (κ1) is 7.85. The Morgan fingerprint density at radius 1 is 1.54 bits per heavy atom. The Morgan fingerprint density at radius 2 is 2.31 bits per heavy atom. The molecule has 0 saturated carbocycles. The van der Waals surface area contributed by atoms with Crippen LogP contribution in [-0.2, 0) is 0 Å². The molecule has 0 aliphatic carbocycles. The van der Waals surface area contributed by atoms with Gasteiger partial charge < -0.3 is 10.5 Å². The molecule has 0 fully saturated rings. The average molecular weight is 178 g/mol. The van der Waals surface area contributed by atoms with Gasteiger partial charge in [-0.3, -0.25) is 0 Å². The molecule has 2 N–H and O–H groups in total. The highest BCUT2D eigenvalue weighted by Crippen LogP contribution is 2.21. The number of anilines is 1. The van der Waals surface area contributed by atoms with Crippen molar-refractivity contribution in [3.8, 4) is 5.88 Å². The minimum Gasteiger partial charge on any atom is -0.481 e. The maximum Gasteiger partial charge on any atom is 0.221 e. The topological polar surface area (TPSA) is 65.4 Å². The highest BCUT2D eigenvalue weighted by atomic mass is 16.5. The van der Waals surface area contributed by atoms with Crippen molar-refractivity contribution in [1.82, 2.24) is 14.6 Å². The van der Waals surface area contributed by atoms with Crippen LogP contribution in [-0.4, -0.2) is 21.7 Å². The second kappa shape index (κ2) is 2.62. The maximum absolute atomic E-state index is 5.82. The van der Waals surface area contributed by atoms with Gasteiger partial charge >= 0.3 is 0 Å². The van der Waals surface area contributed by atoms with Crippen LogP contribution in [0.15, 0.2) is 12.3 Å². The van der Waals surface area contributed by atoms with E-state index in [2.05, 4.69) is 10.1 Å². The second-order valence-corrected chi connectivity index (χ2v) is 2.73. The van der Waals surface area contributed by atoms with Crippen LogP contribution >= 0.6 is 0 Å². The summed E-state index contributed by atoms with van der Waals surface area (Å²) in [5.74, 6) is 1.11. The van der Waals surface area contributed by atoms with Gasteiger partial charge in [0.1, 0.15) is 5.82 Å². The fourth-order valence-electron chi connectivity index (χ4n) is 1.22. The summed E-state index contributed by atoms with van der Waals surface area (Å²) in [4.78, 5) is 4.21. The standard InChI is InChI=1S/C8H10N4O/c1-5-7(9)12-6(3-4-10-12)11-8(5)13-2/h3-4H,9H2,1-2H3. The Labute approximate surface area is 75.1 Å². The highest BCUT2D eigenvalue weighted by Gasteiger charge is 2.09. The molecule has 0 spiro atoms. The van der Waals surface area contributed by atoms with Gasteiger partial charge in [-0.2, -0.15) is 14.6 Å². The molecule has 2 aromatic heterocycles. The molecule has 0 aliphatic heterocycles. The number of nitrogen functional groups attached to an aromatic ring is 1. The molecule has 0 radical (unpaired) electrons. The van der Waals surface area contributed by atoms with Crippen LogP contribution in [0.1, 0.15) is 5.56 Å². The van der Waals surface area contributed by atoms with Gasteiger partial charge in [0.2, 0.25) is 5.88 Å². The minimum atomic E-state index is 0.547. The third-order valence-corrected chi connectivity index (χ3v) is 1.97. The number of nitrogens with zero attached hydrogens (tertiary/aromatic N) is 3. The third-order valence-electron chi connectivity index (χ3n) is 1.97. The molecule has 0 atom stereocenters. The minimum absolute atomic E-state index is 0.547. The fourth-order valence-corrected chi connectivity index (χ4v) is 1.22. The van der Waals surface area contributed by atoms with E-state index in [-0.39, 0.29) is 0 Å². The van der Waals surface area contributed by atoms with Gasteiger partial charge in [0.25, 0.3) is 0 Å². The largest absolute Gasteiger partial charge is 0.481 e. The summed E-state index contributed by atoms with van der Waals surface area (Å²) in [5.41, 5.74) is 7.32. The van der Waals surface area contributed by atoms with Crippen molar-refractivity contribution in [3.63, 3.8) is 0 Å². The van der Waals surface area contributed by atoms with Crippen molar-refractivity contribution >= 4 is 11.5 Å². The molecule has 0 bridgehead atoms. The Hall–Kier alpha value is -1.78. The first-order chi connectivity index (χ1) is 6.24. The van der Waals surface area contributed by atoms with Crippen LogP contribution in [0.3, 0.4) is 0 Å². The number of methoxy groups -OCH3 is 1. The maximum atomic E-state index is 5.82. The quantitative estimate of drug-likeness (QED) is 0.695. The van der Waals surface area contributed by atoms with Crippen LogP contribution in [0, 0.1) is 6.92 Å². The molecule has 0 amide bonds. The average Bonchev–Trinajstić information content (AvgIpc) is 2.59. The highest BCUT2D eigenvalue weighted by molar-refractivity contribution is 5.54. The Balaban J connectivity index is 2.83. The molecule has 13 heavy (non-hydrogen) atoms. The van der Waals surface area contributed by atoms with Crippen molar-refractivity contribution in [1.29, 1.82) is 0 Å². The SMILES string of the molecule is COc1nc2ccnn2c(N)c1C. The van der Waals surface area contributed by atoms with Gasteiger partial charge in [0.15, 0.2) is 5.65 Å². The van der Waals surface area contributed by atoms with E-state index < -0.39 is 0 Å². The summed E-state index contributed by atoms with van der Waals surface area (Å²) >= 11 is 0. The predicted molar refractivity (Wildman–Crippen MR) is 48.7 cm³/mol. The molecule has 2 rings (SSSR count). The van der Waals surface area contributed by atoms with Crippen molar-refractivity contribution in [2.24, 2.45) is 0 Å². The van der Waals surface area contributed by atoms with E-state index in [1.165, 1.54) is 0 Å². The first-order valence-corrected chi connectivity index (χ1v) is 3.88. The summed E-state index contributed by atoms with van der Waals surface area (Å²) in [6.07, 6.45) is 1.65. The summed E-state index contributed by atoms with van der Waals surface area (Å²) in [7, 11) is 1.57. The lowest BCUT2D eigenvalue weighted by Crippen LogP contribution is -2.05. The van der Waals surface area contributed by atoms with Crippen LogP contribution in [0.2, 0.25) is 0 Å². The summed E-state index contributed by atoms with van der Waals surface area (Å²) in [5, 5.41) is 4.03. The van der Waals surface area contributed by atoms with E-state index in [0.29, 0.717) is 17.3 Å². The van der Waals surface area contributed by atoms with Crippen LogP contribution < -0.4 is 10.5 Å². The van der Waals surface area contributed by atoms with E-state index in [1.54, 1.807) is 23.9 Å². The Morgan fingerprint density at radius 3 is 3.00 bits per heavy atom. The smallest absolute Gasteiger partial charge is 0.221 e. The van der Waals surface area contributed by atoms with Crippen LogP contribution in [0.4, 0.5) is 5.82 Å². The monoisotopic (exact) mass is 178 g/mol. The lowest BCUT2D eigenvalue weighted by molar-refractivity contribution is 0.395. The normalized spacial score (nSPS) is 10.6. The molecule has 68 valence electrons. The van der Waals surface area contributed by atoms with Crippen molar-refractivity contribution in [3.05, 3.63) is 17.8 Å². The van der Waals surface area contributed by atoms with E-state index in [9.17, 15) is 0 Å². The number of hydrogen-bond donors (Lipinski definition) is 1. The number of hydrogen-bond acceptors (Lipinski definition) is 4. The predicted octanol–water partition coefficient (Wildman–Crippen LogP) is 0.629. The van der Waals surface area contributed by atoms with Gasteiger partial charge in [-0.15, -0.1) is 0 Å². The van der Waals surface area contributed by atoms with E-state index in [1.807, 2.05) is 6.92 Å². The van der Waals surface area contributed by atoms with Crippen molar-refractivity contribution in [2.45, 2.75) is 6.92 Å². The number of ether oxygens (including phenoxy) is 1.